The molecule has 0 aliphatic carbocycles. The van der Waals surface area contributed by atoms with Gasteiger partial charge in [0.15, 0.2) is 0 Å². The van der Waals surface area contributed by atoms with Crippen molar-refractivity contribution in [3.8, 4) is 5.75 Å². The molecule has 35 heavy (non-hydrogen) atoms. The summed E-state index contributed by atoms with van der Waals surface area (Å²) in [5, 5.41) is 3.50. The molecule has 0 fully saturated rings. The first-order valence-electron chi connectivity index (χ1n) is 10.8. The molecule has 0 heterocycles. The summed E-state index contributed by atoms with van der Waals surface area (Å²) in [7, 11) is -2.40. The van der Waals surface area contributed by atoms with E-state index in [4.69, 9.17) is 27.9 Å². The van der Waals surface area contributed by atoms with Crippen LogP contribution in [0.4, 0.5) is 5.69 Å². The third-order valence-corrected chi connectivity index (χ3v) is 6.92. The van der Waals surface area contributed by atoms with Crippen LogP contribution in [-0.2, 0) is 26.2 Å². The molecule has 0 aromatic heterocycles. The van der Waals surface area contributed by atoms with Crippen molar-refractivity contribution < 1.29 is 22.7 Å². The van der Waals surface area contributed by atoms with E-state index in [-0.39, 0.29) is 12.2 Å². The molecule has 1 unspecified atom stereocenters. The van der Waals surface area contributed by atoms with E-state index in [1.807, 2.05) is 20.8 Å². The third kappa shape index (κ3) is 8.02. The van der Waals surface area contributed by atoms with Gasteiger partial charge in [0.1, 0.15) is 18.3 Å². The van der Waals surface area contributed by atoms with Crippen LogP contribution in [0.15, 0.2) is 42.5 Å². The summed E-state index contributed by atoms with van der Waals surface area (Å²) in [5.41, 5.74) is 0.163. The van der Waals surface area contributed by atoms with E-state index >= 15 is 0 Å². The molecule has 0 aliphatic rings. The number of amides is 2. The normalized spacial score (nSPS) is 12.6. The number of methoxy groups -OCH3 is 1. The van der Waals surface area contributed by atoms with E-state index in [0.717, 1.165) is 10.6 Å². The highest BCUT2D eigenvalue weighted by Crippen LogP contribution is 2.28. The Bertz CT molecular complexity index is 1160. The monoisotopic (exact) mass is 543 g/mol. The highest BCUT2D eigenvalue weighted by atomic mass is 35.5. The number of hydrogen-bond acceptors (Lipinski definition) is 5. The molecule has 2 amide bonds. The zero-order chi connectivity index (χ0) is 26.6. The van der Waals surface area contributed by atoms with Gasteiger partial charge in [-0.15, -0.1) is 0 Å². The van der Waals surface area contributed by atoms with Crippen LogP contribution >= 0.6 is 23.2 Å². The fourth-order valence-electron chi connectivity index (χ4n) is 3.29. The number of nitrogens with zero attached hydrogens (tertiary/aromatic N) is 2. The third-order valence-electron chi connectivity index (χ3n) is 5.08. The first-order valence-corrected chi connectivity index (χ1v) is 13.4. The lowest BCUT2D eigenvalue weighted by molar-refractivity contribution is -0.140. The predicted molar refractivity (Wildman–Crippen MR) is 140 cm³/mol. The van der Waals surface area contributed by atoms with Crippen LogP contribution in [0, 0.1) is 0 Å². The molecule has 2 aromatic carbocycles. The number of ether oxygens (including phenoxy) is 1. The second-order valence-corrected chi connectivity index (χ2v) is 11.8. The van der Waals surface area contributed by atoms with Gasteiger partial charge in [-0.3, -0.25) is 13.9 Å². The van der Waals surface area contributed by atoms with Gasteiger partial charge < -0.3 is 15.0 Å². The highest BCUT2D eigenvalue weighted by Gasteiger charge is 2.32. The Morgan fingerprint density at radius 3 is 2.17 bits per heavy atom. The lowest BCUT2D eigenvalue weighted by atomic mass is 10.1. The summed E-state index contributed by atoms with van der Waals surface area (Å²) in [6, 6.07) is 10.3. The number of carbonyl (C=O) groups excluding carboxylic acids is 2. The standard InChI is InChI=1S/C24H31Cl2N3O5S/c1-16(23(31)27-24(2,3)4)28(14-19-20(25)11-8-12-21(19)26)22(30)15-29(35(6,32)33)17-9-7-10-18(13-17)34-5/h7-13,16H,14-15H2,1-6H3,(H,27,31). The van der Waals surface area contributed by atoms with Crippen LogP contribution in [0.2, 0.25) is 10.0 Å². The molecule has 0 radical (unpaired) electrons. The van der Waals surface area contributed by atoms with Gasteiger partial charge in [-0.25, -0.2) is 8.42 Å². The minimum Gasteiger partial charge on any atom is -0.497 e. The SMILES string of the molecule is COc1cccc(N(CC(=O)N(Cc2c(Cl)cccc2Cl)C(C)C(=O)NC(C)(C)C)S(C)(=O)=O)c1. The Hall–Kier alpha value is -2.49. The Morgan fingerprint density at radius 1 is 1.09 bits per heavy atom. The summed E-state index contributed by atoms with van der Waals surface area (Å²) in [4.78, 5) is 27.8. The first kappa shape index (κ1) is 28.7. The molecule has 0 saturated heterocycles. The summed E-state index contributed by atoms with van der Waals surface area (Å²) >= 11 is 12.7. The van der Waals surface area contributed by atoms with E-state index in [1.165, 1.54) is 18.1 Å². The fourth-order valence-corrected chi connectivity index (χ4v) is 4.65. The van der Waals surface area contributed by atoms with E-state index in [0.29, 0.717) is 21.4 Å². The number of benzene rings is 2. The molecule has 1 atom stereocenters. The zero-order valence-corrected chi connectivity index (χ0v) is 23.0. The van der Waals surface area contributed by atoms with Crippen molar-refractivity contribution in [3.63, 3.8) is 0 Å². The maximum Gasteiger partial charge on any atom is 0.244 e. The molecule has 192 valence electrons. The maximum absolute atomic E-state index is 13.6. The second kappa shape index (κ2) is 11.5. The van der Waals surface area contributed by atoms with Gasteiger partial charge in [-0.05, 0) is 52.0 Å². The molecule has 1 N–H and O–H groups in total. The van der Waals surface area contributed by atoms with Crippen molar-refractivity contribution in [3.05, 3.63) is 58.1 Å². The number of nitrogens with one attached hydrogen (secondary N) is 1. The molecule has 0 bridgehead atoms. The topological polar surface area (TPSA) is 96.0 Å². The van der Waals surface area contributed by atoms with E-state index in [9.17, 15) is 18.0 Å². The number of sulfonamides is 1. The van der Waals surface area contributed by atoms with Gasteiger partial charge in [0.05, 0.1) is 19.1 Å². The largest absolute Gasteiger partial charge is 0.497 e. The molecule has 8 nitrogen and oxygen atoms in total. The van der Waals surface area contributed by atoms with Gasteiger partial charge in [-0.2, -0.15) is 0 Å². The number of rotatable bonds is 9. The molecule has 0 saturated carbocycles. The van der Waals surface area contributed by atoms with Crippen LogP contribution in [0.25, 0.3) is 0 Å². The molecular formula is C24H31Cl2N3O5S. The Kier molecular flexibility index (Phi) is 9.44. The predicted octanol–water partition coefficient (Wildman–Crippen LogP) is 4.10. The molecular weight excluding hydrogens is 513 g/mol. The van der Waals surface area contributed by atoms with Crippen molar-refractivity contribution in [1.82, 2.24) is 10.2 Å². The molecule has 0 aliphatic heterocycles. The van der Waals surface area contributed by atoms with E-state index in [1.54, 1.807) is 43.3 Å². The Labute approximate surface area is 217 Å². The summed E-state index contributed by atoms with van der Waals surface area (Å²) in [6.07, 6.45) is 1.00. The average Bonchev–Trinajstić information content (AvgIpc) is 2.74. The number of hydrogen-bond donors (Lipinski definition) is 1. The van der Waals surface area contributed by atoms with Crippen molar-refractivity contribution in [2.24, 2.45) is 0 Å². The minimum absolute atomic E-state index is 0.0915. The van der Waals surface area contributed by atoms with Crippen molar-refractivity contribution in [2.75, 3.05) is 24.2 Å². The van der Waals surface area contributed by atoms with Gasteiger partial charge in [0.2, 0.25) is 21.8 Å². The lowest BCUT2D eigenvalue weighted by Crippen LogP contribution is -2.54. The Balaban J connectivity index is 2.48. The maximum atomic E-state index is 13.6. The van der Waals surface area contributed by atoms with Crippen molar-refractivity contribution in [1.29, 1.82) is 0 Å². The minimum atomic E-state index is -3.86. The Morgan fingerprint density at radius 2 is 1.66 bits per heavy atom. The fraction of sp³-hybridized carbons (Fsp3) is 0.417. The summed E-state index contributed by atoms with van der Waals surface area (Å²) < 4.78 is 31.4. The van der Waals surface area contributed by atoms with Crippen LogP contribution in [0.5, 0.6) is 5.75 Å². The van der Waals surface area contributed by atoms with E-state index in [2.05, 4.69) is 5.32 Å². The van der Waals surface area contributed by atoms with Gasteiger partial charge in [-0.1, -0.05) is 35.3 Å². The van der Waals surface area contributed by atoms with Gasteiger partial charge in [0, 0.05) is 33.8 Å². The van der Waals surface area contributed by atoms with Gasteiger partial charge >= 0.3 is 0 Å². The smallest absolute Gasteiger partial charge is 0.244 e. The van der Waals surface area contributed by atoms with Crippen molar-refractivity contribution in [2.45, 2.75) is 45.8 Å². The average molecular weight is 545 g/mol. The lowest BCUT2D eigenvalue weighted by Gasteiger charge is -2.33. The molecule has 0 spiro atoms. The van der Waals surface area contributed by atoms with E-state index < -0.39 is 40.0 Å². The number of carbonyl (C=O) groups is 2. The number of anilines is 1. The molecule has 2 rings (SSSR count). The second-order valence-electron chi connectivity index (χ2n) is 9.11. The van der Waals surface area contributed by atoms with Crippen LogP contribution in [0.1, 0.15) is 33.3 Å². The van der Waals surface area contributed by atoms with Crippen molar-refractivity contribution >= 4 is 50.7 Å². The molecule has 2 aromatic rings. The summed E-state index contributed by atoms with van der Waals surface area (Å²) in [6.45, 7) is 6.40. The highest BCUT2D eigenvalue weighted by molar-refractivity contribution is 7.92. The van der Waals surface area contributed by atoms with Crippen LogP contribution < -0.4 is 14.4 Å². The van der Waals surface area contributed by atoms with Crippen LogP contribution in [-0.4, -0.2) is 56.6 Å². The quantitative estimate of drug-likeness (QED) is 0.513. The summed E-state index contributed by atoms with van der Waals surface area (Å²) in [5.74, 6) is -0.576. The number of halogens is 2. The first-order chi connectivity index (χ1) is 16.1. The van der Waals surface area contributed by atoms with Crippen LogP contribution in [0.3, 0.4) is 0 Å². The van der Waals surface area contributed by atoms with Gasteiger partial charge in [0.25, 0.3) is 0 Å². The molecule has 11 heteroatoms. The zero-order valence-electron chi connectivity index (χ0n) is 20.6.